The molecule has 2 rings (SSSR count). The monoisotopic (exact) mass is 256 g/mol. The molecule has 2 N–H and O–H groups in total. The molecule has 0 aliphatic carbocycles. The van der Waals surface area contributed by atoms with Crippen molar-refractivity contribution in [2.75, 3.05) is 6.26 Å². The average Bonchev–Trinajstić information content (AvgIpc) is 2.40. The van der Waals surface area contributed by atoms with Gasteiger partial charge in [0.15, 0.2) is 5.17 Å². The average molecular weight is 256 g/mol. The summed E-state index contributed by atoms with van der Waals surface area (Å²) >= 11 is 1.46. The molecule has 0 saturated carbocycles. The summed E-state index contributed by atoms with van der Waals surface area (Å²) in [6.45, 7) is 2.06. The zero-order chi connectivity index (χ0) is 13.0. The van der Waals surface area contributed by atoms with Crippen LogP contribution in [-0.2, 0) is 0 Å². The molecule has 0 radical (unpaired) electrons. The zero-order valence-corrected chi connectivity index (χ0v) is 11.4. The maximum atomic E-state index is 5.81. The number of aliphatic imine (C=N–C) groups is 1. The summed E-state index contributed by atoms with van der Waals surface area (Å²) < 4.78 is 0. The van der Waals surface area contributed by atoms with E-state index in [0.29, 0.717) is 5.17 Å². The first-order valence-electron chi connectivity index (χ1n) is 5.75. The number of amidine groups is 1. The number of hydrogen-bond acceptors (Lipinski definition) is 2. The lowest BCUT2D eigenvalue weighted by Gasteiger charge is -2.07. The van der Waals surface area contributed by atoms with E-state index in [1.165, 1.54) is 17.3 Å². The largest absolute Gasteiger partial charge is 0.378 e. The maximum Gasteiger partial charge on any atom is 0.158 e. The van der Waals surface area contributed by atoms with Gasteiger partial charge in [-0.15, -0.1) is 0 Å². The second-order valence-corrected chi connectivity index (χ2v) is 4.87. The SMILES string of the molecule is CSC(N)=Nc1cc(C)ccc1-c1ccccc1. The molecule has 0 aliphatic heterocycles. The van der Waals surface area contributed by atoms with E-state index in [9.17, 15) is 0 Å². The number of rotatable bonds is 2. The fourth-order valence-corrected chi connectivity index (χ4v) is 1.95. The fourth-order valence-electron chi connectivity index (χ4n) is 1.76. The van der Waals surface area contributed by atoms with Crippen molar-refractivity contribution >= 4 is 22.6 Å². The zero-order valence-electron chi connectivity index (χ0n) is 10.6. The highest BCUT2D eigenvalue weighted by Crippen LogP contribution is 2.31. The predicted octanol–water partition coefficient (Wildman–Crippen LogP) is 3.97. The Morgan fingerprint density at radius 3 is 2.50 bits per heavy atom. The molecule has 0 atom stereocenters. The van der Waals surface area contributed by atoms with Crippen molar-refractivity contribution in [1.29, 1.82) is 0 Å². The molecule has 0 fully saturated rings. The Labute approximate surface area is 112 Å². The number of nitrogens with zero attached hydrogens (tertiary/aromatic N) is 1. The van der Waals surface area contributed by atoms with Crippen molar-refractivity contribution < 1.29 is 0 Å². The Hall–Kier alpha value is -1.74. The minimum absolute atomic E-state index is 0.581. The maximum absolute atomic E-state index is 5.81. The molecule has 0 heterocycles. The van der Waals surface area contributed by atoms with Crippen molar-refractivity contribution in [2.24, 2.45) is 10.7 Å². The Kier molecular flexibility index (Phi) is 4.05. The van der Waals surface area contributed by atoms with Crippen LogP contribution in [0.5, 0.6) is 0 Å². The van der Waals surface area contributed by atoms with Gasteiger partial charge in [0.25, 0.3) is 0 Å². The molecule has 0 saturated heterocycles. The Morgan fingerprint density at radius 1 is 1.11 bits per heavy atom. The molecule has 2 aromatic carbocycles. The summed E-state index contributed by atoms with van der Waals surface area (Å²) in [4.78, 5) is 4.47. The van der Waals surface area contributed by atoms with Crippen molar-refractivity contribution in [1.82, 2.24) is 0 Å². The van der Waals surface area contributed by atoms with E-state index in [0.717, 1.165) is 16.8 Å². The summed E-state index contributed by atoms with van der Waals surface area (Å²) in [6, 6.07) is 16.5. The van der Waals surface area contributed by atoms with Crippen LogP contribution in [0.15, 0.2) is 53.5 Å². The quantitative estimate of drug-likeness (QED) is 0.652. The van der Waals surface area contributed by atoms with Gasteiger partial charge in [-0.05, 0) is 30.4 Å². The van der Waals surface area contributed by atoms with Crippen LogP contribution in [0.4, 0.5) is 5.69 Å². The molecule has 2 nitrogen and oxygen atoms in total. The molecule has 92 valence electrons. The van der Waals surface area contributed by atoms with Crippen LogP contribution in [0.2, 0.25) is 0 Å². The van der Waals surface area contributed by atoms with E-state index in [-0.39, 0.29) is 0 Å². The van der Waals surface area contributed by atoms with Gasteiger partial charge in [-0.3, -0.25) is 0 Å². The van der Waals surface area contributed by atoms with Gasteiger partial charge in [0.05, 0.1) is 5.69 Å². The molecule has 0 aliphatic rings. The van der Waals surface area contributed by atoms with Crippen LogP contribution in [-0.4, -0.2) is 11.4 Å². The number of nitrogens with two attached hydrogens (primary N) is 1. The number of thioether (sulfide) groups is 1. The van der Waals surface area contributed by atoms with Crippen molar-refractivity contribution in [3.8, 4) is 11.1 Å². The number of aryl methyl sites for hydroxylation is 1. The van der Waals surface area contributed by atoms with Gasteiger partial charge >= 0.3 is 0 Å². The van der Waals surface area contributed by atoms with Crippen molar-refractivity contribution in [2.45, 2.75) is 6.92 Å². The Bertz CT molecular complexity index is 562. The summed E-state index contributed by atoms with van der Waals surface area (Å²) in [5.74, 6) is 0. The van der Waals surface area contributed by atoms with Crippen LogP contribution in [0.25, 0.3) is 11.1 Å². The van der Waals surface area contributed by atoms with E-state index < -0.39 is 0 Å². The minimum atomic E-state index is 0.581. The normalized spacial score (nSPS) is 11.6. The first-order chi connectivity index (χ1) is 8.70. The van der Waals surface area contributed by atoms with E-state index in [4.69, 9.17) is 5.73 Å². The van der Waals surface area contributed by atoms with Gasteiger partial charge in [0.1, 0.15) is 0 Å². The molecule has 2 aromatic rings. The molecule has 0 bridgehead atoms. The van der Waals surface area contributed by atoms with E-state index in [2.05, 4.69) is 42.2 Å². The number of hydrogen-bond donors (Lipinski definition) is 1. The molecular weight excluding hydrogens is 240 g/mol. The summed E-state index contributed by atoms with van der Waals surface area (Å²) in [7, 11) is 0. The van der Waals surface area contributed by atoms with Crippen molar-refractivity contribution in [3.63, 3.8) is 0 Å². The lowest BCUT2D eigenvalue weighted by Crippen LogP contribution is -2.04. The topological polar surface area (TPSA) is 38.4 Å². The molecule has 0 unspecified atom stereocenters. The fraction of sp³-hybridized carbons (Fsp3) is 0.133. The highest BCUT2D eigenvalue weighted by molar-refractivity contribution is 8.13. The summed E-state index contributed by atoms with van der Waals surface area (Å²) in [5, 5.41) is 0.581. The Balaban J connectivity index is 2.54. The van der Waals surface area contributed by atoms with Crippen molar-refractivity contribution in [3.05, 3.63) is 54.1 Å². The standard InChI is InChI=1S/C15H16N2S/c1-11-8-9-13(12-6-4-3-5-7-12)14(10-11)17-15(16)18-2/h3-10H,1-2H3,(H2,16,17). The van der Waals surface area contributed by atoms with Crippen LogP contribution in [0.3, 0.4) is 0 Å². The van der Waals surface area contributed by atoms with Gasteiger partial charge < -0.3 is 5.73 Å². The minimum Gasteiger partial charge on any atom is -0.378 e. The van der Waals surface area contributed by atoms with E-state index in [1.807, 2.05) is 24.5 Å². The molecule has 3 heteroatoms. The highest BCUT2D eigenvalue weighted by atomic mass is 32.2. The lowest BCUT2D eigenvalue weighted by molar-refractivity contribution is 1.42. The van der Waals surface area contributed by atoms with Crippen LogP contribution >= 0.6 is 11.8 Å². The molecule has 0 amide bonds. The van der Waals surface area contributed by atoms with E-state index >= 15 is 0 Å². The second-order valence-electron chi connectivity index (χ2n) is 4.04. The van der Waals surface area contributed by atoms with Crippen LogP contribution < -0.4 is 5.73 Å². The molecule has 0 spiro atoms. The smallest absolute Gasteiger partial charge is 0.158 e. The first kappa shape index (κ1) is 12.7. The third-order valence-corrected chi connectivity index (χ3v) is 3.19. The third kappa shape index (κ3) is 2.93. The lowest BCUT2D eigenvalue weighted by atomic mass is 10.0. The van der Waals surface area contributed by atoms with E-state index in [1.54, 1.807) is 0 Å². The number of benzene rings is 2. The predicted molar refractivity (Wildman–Crippen MR) is 81.4 cm³/mol. The van der Waals surface area contributed by atoms with Gasteiger partial charge in [0, 0.05) is 5.56 Å². The van der Waals surface area contributed by atoms with Gasteiger partial charge in [-0.25, -0.2) is 4.99 Å². The summed E-state index contributed by atoms with van der Waals surface area (Å²) in [6.07, 6.45) is 1.93. The molecule has 0 aromatic heterocycles. The highest BCUT2D eigenvalue weighted by Gasteiger charge is 2.05. The Morgan fingerprint density at radius 2 is 1.83 bits per heavy atom. The van der Waals surface area contributed by atoms with Gasteiger partial charge in [0.2, 0.25) is 0 Å². The second kappa shape index (κ2) is 5.74. The van der Waals surface area contributed by atoms with Crippen LogP contribution in [0.1, 0.15) is 5.56 Å². The molecular formula is C15H16N2S. The molecule has 18 heavy (non-hydrogen) atoms. The van der Waals surface area contributed by atoms with Gasteiger partial charge in [-0.1, -0.05) is 54.2 Å². The van der Waals surface area contributed by atoms with Gasteiger partial charge in [-0.2, -0.15) is 0 Å². The van der Waals surface area contributed by atoms with Crippen LogP contribution in [0, 0.1) is 6.92 Å². The first-order valence-corrected chi connectivity index (χ1v) is 6.97. The summed E-state index contributed by atoms with van der Waals surface area (Å²) in [5.41, 5.74) is 10.2. The third-order valence-electron chi connectivity index (χ3n) is 2.68.